The molecule has 2 rings (SSSR count). The molecule has 0 radical (unpaired) electrons. The number of rotatable bonds is 10. The molecule has 0 fully saturated rings. The Labute approximate surface area is 186 Å². The van der Waals surface area contributed by atoms with Crippen molar-refractivity contribution in [3.8, 4) is 11.5 Å². The van der Waals surface area contributed by atoms with Crippen molar-refractivity contribution in [2.75, 3.05) is 12.4 Å². The van der Waals surface area contributed by atoms with Crippen LogP contribution >= 0.6 is 0 Å². The van der Waals surface area contributed by atoms with Gasteiger partial charge in [0.05, 0.1) is 13.7 Å². The maximum Gasteiger partial charge on any atom is 0.224 e. The summed E-state index contributed by atoms with van der Waals surface area (Å²) in [6.45, 7) is 8.35. The largest absolute Gasteiger partial charge is 0.504 e. The van der Waals surface area contributed by atoms with E-state index in [1.54, 1.807) is 6.07 Å². The number of carbonyl (C=O) groups excluding carboxylic acids is 1. The van der Waals surface area contributed by atoms with Gasteiger partial charge in [0.25, 0.3) is 0 Å². The molecule has 31 heavy (non-hydrogen) atoms. The average molecular weight is 428 g/mol. The minimum absolute atomic E-state index is 0.0788. The second-order valence-corrected chi connectivity index (χ2v) is 9.13. The highest BCUT2D eigenvalue weighted by Gasteiger charge is 2.23. The summed E-state index contributed by atoms with van der Waals surface area (Å²) in [5.74, 6) is 0.311. The minimum atomic E-state index is -0.151. The van der Waals surface area contributed by atoms with E-state index in [4.69, 9.17) is 4.74 Å². The van der Waals surface area contributed by atoms with E-state index in [1.807, 2.05) is 30.3 Å². The first-order valence-electron chi connectivity index (χ1n) is 11.1. The zero-order chi connectivity index (χ0) is 23.0. The van der Waals surface area contributed by atoms with Gasteiger partial charge in [0.2, 0.25) is 5.91 Å². The number of nitrogens with one attached hydrogen (secondary N) is 1. The number of benzene rings is 2. The first-order valence-corrected chi connectivity index (χ1v) is 11.1. The summed E-state index contributed by atoms with van der Waals surface area (Å²) in [6.07, 6.45) is 4.22. The fourth-order valence-electron chi connectivity index (χ4n) is 3.91. The molecule has 0 aliphatic heterocycles. The summed E-state index contributed by atoms with van der Waals surface area (Å²) in [4.78, 5) is 13.1. The Hall–Kier alpha value is -2.53. The van der Waals surface area contributed by atoms with Crippen LogP contribution in [0.2, 0.25) is 0 Å². The maximum absolute atomic E-state index is 13.1. The summed E-state index contributed by atoms with van der Waals surface area (Å²) in [7, 11) is 1.53. The summed E-state index contributed by atoms with van der Waals surface area (Å²) in [6, 6.07) is 11.1. The van der Waals surface area contributed by atoms with Crippen molar-refractivity contribution in [1.82, 2.24) is 0 Å². The highest BCUT2D eigenvalue weighted by Crippen LogP contribution is 2.38. The van der Waals surface area contributed by atoms with Crippen molar-refractivity contribution in [3.63, 3.8) is 0 Å². The molecule has 1 amide bonds. The number of anilines is 1. The predicted molar refractivity (Wildman–Crippen MR) is 126 cm³/mol. The van der Waals surface area contributed by atoms with Crippen molar-refractivity contribution >= 4 is 11.6 Å². The Kier molecular flexibility index (Phi) is 8.93. The van der Waals surface area contributed by atoms with E-state index < -0.39 is 0 Å². The van der Waals surface area contributed by atoms with E-state index >= 15 is 0 Å². The van der Waals surface area contributed by atoms with Crippen molar-refractivity contribution in [3.05, 3.63) is 53.1 Å². The predicted octanol–water partition coefficient (Wildman–Crippen LogP) is 5.88. The molecule has 1 unspecified atom stereocenters. The van der Waals surface area contributed by atoms with E-state index in [9.17, 15) is 15.0 Å². The molecule has 0 aromatic heterocycles. The molecule has 0 saturated carbocycles. The first kappa shape index (κ1) is 24.7. The van der Waals surface area contributed by atoms with Crippen LogP contribution in [0.3, 0.4) is 0 Å². The summed E-state index contributed by atoms with van der Waals surface area (Å²) in [5, 5.41) is 23.3. The average Bonchev–Trinajstić information content (AvgIpc) is 2.72. The number of hydrogen-bond acceptors (Lipinski definition) is 4. The Morgan fingerprint density at radius 1 is 1.16 bits per heavy atom. The number of hydrogen-bond donors (Lipinski definition) is 3. The van der Waals surface area contributed by atoms with Gasteiger partial charge in [-0.3, -0.25) is 4.79 Å². The van der Waals surface area contributed by atoms with Crippen molar-refractivity contribution in [2.45, 2.75) is 77.7 Å². The van der Waals surface area contributed by atoms with Crippen LogP contribution in [0.4, 0.5) is 5.69 Å². The number of methoxy groups -OCH3 is 1. The molecule has 0 aliphatic rings. The molecule has 2 aromatic rings. The molecule has 2 aromatic carbocycles. The van der Waals surface area contributed by atoms with E-state index in [2.05, 4.69) is 33.0 Å². The maximum atomic E-state index is 13.1. The fourth-order valence-corrected chi connectivity index (χ4v) is 3.91. The van der Waals surface area contributed by atoms with Crippen molar-refractivity contribution in [2.24, 2.45) is 0 Å². The summed E-state index contributed by atoms with van der Waals surface area (Å²) in [5.41, 5.74) is 3.09. The molecule has 5 nitrogen and oxygen atoms in total. The van der Waals surface area contributed by atoms with E-state index in [0.717, 1.165) is 48.1 Å². The zero-order valence-electron chi connectivity index (χ0n) is 19.5. The lowest BCUT2D eigenvalue weighted by Gasteiger charge is -2.25. The monoisotopic (exact) mass is 427 g/mol. The second-order valence-electron chi connectivity index (χ2n) is 9.13. The Morgan fingerprint density at radius 3 is 2.52 bits per heavy atom. The smallest absolute Gasteiger partial charge is 0.224 e. The molecule has 0 aliphatic carbocycles. The number of para-hydroxylation sites is 1. The number of phenols is 1. The van der Waals surface area contributed by atoms with Crippen LogP contribution in [0.5, 0.6) is 11.5 Å². The van der Waals surface area contributed by atoms with Gasteiger partial charge in [-0.1, -0.05) is 71.2 Å². The molecular formula is C26H37NO4. The molecule has 0 spiro atoms. The van der Waals surface area contributed by atoms with Gasteiger partial charge in [-0.15, -0.1) is 0 Å². The minimum Gasteiger partial charge on any atom is -0.504 e. The van der Waals surface area contributed by atoms with Crippen LogP contribution in [-0.4, -0.2) is 23.2 Å². The number of amides is 1. The van der Waals surface area contributed by atoms with E-state index in [-0.39, 0.29) is 36.0 Å². The molecule has 0 bridgehead atoms. The highest BCUT2D eigenvalue weighted by atomic mass is 16.5. The van der Waals surface area contributed by atoms with E-state index in [1.165, 1.54) is 7.11 Å². The summed E-state index contributed by atoms with van der Waals surface area (Å²) >= 11 is 0. The Morgan fingerprint density at radius 2 is 1.90 bits per heavy atom. The fraction of sp³-hybridized carbons (Fsp3) is 0.500. The van der Waals surface area contributed by atoms with Gasteiger partial charge in [-0.2, -0.15) is 0 Å². The SMILES string of the molecule is CCCCCC(CC(=O)Nc1cc(CO)ccc1C(C)(C)C)c1cccc(OC)c1O. The third kappa shape index (κ3) is 6.73. The number of aliphatic hydroxyl groups excluding tert-OH is 1. The second kappa shape index (κ2) is 11.2. The normalized spacial score (nSPS) is 12.5. The van der Waals surface area contributed by atoms with Crippen LogP contribution in [0, 0.1) is 0 Å². The number of unbranched alkanes of at least 4 members (excludes halogenated alkanes) is 2. The Bertz CT molecular complexity index is 870. The number of ether oxygens (including phenoxy) is 1. The van der Waals surface area contributed by atoms with Crippen LogP contribution in [0.15, 0.2) is 36.4 Å². The van der Waals surface area contributed by atoms with Gasteiger partial charge in [0, 0.05) is 17.7 Å². The topological polar surface area (TPSA) is 78.8 Å². The lowest BCUT2D eigenvalue weighted by Crippen LogP contribution is -2.20. The van der Waals surface area contributed by atoms with Crippen molar-refractivity contribution in [1.29, 1.82) is 0 Å². The quantitative estimate of drug-likeness (QED) is 0.414. The van der Waals surface area contributed by atoms with Gasteiger partial charge in [0.1, 0.15) is 0 Å². The van der Waals surface area contributed by atoms with Gasteiger partial charge >= 0.3 is 0 Å². The first-order chi connectivity index (χ1) is 14.7. The standard InChI is InChI=1S/C26H37NO4/c1-6-7-8-10-19(20-11-9-12-23(31-5)25(20)30)16-24(29)27-22-15-18(17-28)13-14-21(22)26(2,3)4/h9,11-15,19,28,30H,6-8,10,16-17H2,1-5H3,(H,27,29). The van der Waals surface area contributed by atoms with E-state index in [0.29, 0.717) is 5.75 Å². The molecule has 3 N–H and O–H groups in total. The third-order valence-electron chi connectivity index (χ3n) is 5.63. The molecule has 0 saturated heterocycles. The lowest BCUT2D eigenvalue weighted by atomic mass is 9.85. The number of aliphatic hydroxyl groups is 1. The molecule has 0 heterocycles. The van der Waals surface area contributed by atoms with Crippen LogP contribution in [-0.2, 0) is 16.8 Å². The number of carbonyl (C=O) groups is 1. The van der Waals surface area contributed by atoms with Gasteiger partial charge < -0.3 is 20.3 Å². The van der Waals surface area contributed by atoms with Gasteiger partial charge in [0.15, 0.2) is 11.5 Å². The molecule has 170 valence electrons. The number of phenolic OH excluding ortho intramolecular Hbond substituents is 1. The van der Waals surface area contributed by atoms with Crippen LogP contribution in [0.25, 0.3) is 0 Å². The number of aromatic hydroxyl groups is 1. The Balaban J connectivity index is 2.29. The molecular weight excluding hydrogens is 390 g/mol. The molecule has 5 heteroatoms. The van der Waals surface area contributed by atoms with Crippen LogP contribution in [0.1, 0.15) is 82.4 Å². The van der Waals surface area contributed by atoms with Crippen LogP contribution < -0.4 is 10.1 Å². The van der Waals surface area contributed by atoms with Gasteiger partial charge in [-0.25, -0.2) is 0 Å². The van der Waals surface area contributed by atoms with Crippen molar-refractivity contribution < 1.29 is 19.7 Å². The highest BCUT2D eigenvalue weighted by molar-refractivity contribution is 5.92. The zero-order valence-corrected chi connectivity index (χ0v) is 19.5. The van der Waals surface area contributed by atoms with Gasteiger partial charge in [-0.05, 0) is 41.0 Å². The lowest BCUT2D eigenvalue weighted by molar-refractivity contribution is -0.116. The summed E-state index contributed by atoms with van der Waals surface area (Å²) < 4.78 is 5.27. The molecule has 1 atom stereocenters. The third-order valence-corrected chi connectivity index (χ3v) is 5.63.